The van der Waals surface area contributed by atoms with Crippen molar-refractivity contribution in [3.8, 4) is 0 Å². The fraction of sp³-hybridized carbons (Fsp3) is 0.200. The van der Waals surface area contributed by atoms with Crippen molar-refractivity contribution < 1.29 is 14.4 Å². The molecule has 0 radical (unpaired) electrons. The molecule has 2 aromatic heterocycles. The summed E-state index contributed by atoms with van der Waals surface area (Å²) in [7, 11) is 0. The zero-order chi connectivity index (χ0) is 26.6. The van der Waals surface area contributed by atoms with Gasteiger partial charge in [0, 0.05) is 47.6 Å². The molecular weight excluding hydrogens is 478 g/mol. The number of amides is 3. The molecule has 3 amide bonds. The summed E-state index contributed by atoms with van der Waals surface area (Å²) in [5.74, 6) is -1.04. The van der Waals surface area contributed by atoms with Gasteiger partial charge in [-0.1, -0.05) is 42.5 Å². The Hall–Kier alpha value is -4.72. The van der Waals surface area contributed by atoms with Gasteiger partial charge in [0.15, 0.2) is 0 Å². The van der Waals surface area contributed by atoms with E-state index in [-0.39, 0.29) is 11.8 Å². The lowest BCUT2D eigenvalue weighted by atomic mass is 9.99. The van der Waals surface area contributed by atoms with Gasteiger partial charge in [0.25, 0.3) is 0 Å². The Kier molecular flexibility index (Phi) is 7.04. The minimum absolute atomic E-state index is 0.139. The molecule has 1 saturated heterocycles. The van der Waals surface area contributed by atoms with Crippen LogP contribution < -0.4 is 16.0 Å². The van der Waals surface area contributed by atoms with Gasteiger partial charge in [-0.25, -0.2) is 4.98 Å². The smallest absolute Gasteiger partial charge is 0.249 e. The van der Waals surface area contributed by atoms with Crippen molar-refractivity contribution in [3.63, 3.8) is 0 Å². The van der Waals surface area contributed by atoms with Gasteiger partial charge in [-0.3, -0.25) is 14.4 Å². The van der Waals surface area contributed by atoms with E-state index in [1.807, 2.05) is 66.4 Å². The Morgan fingerprint density at radius 1 is 1.08 bits per heavy atom. The summed E-state index contributed by atoms with van der Waals surface area (Å²) in [6.45, 7) is 2.56. The predicted octanol–water partition coefficient (Wildman–Crippen LogP) is 4.85. The summed E-state index contributed by atoms with van der Waals surface area (Å²) in [5.41, 5.74) is 10.3. The number of carbonyl (C=O) groups excluding carboxylic acids is 3. The van der Waals surface area contributed by atoms with E-state index >= 15 is 0 Å². The van der Waals surface area contributed by atoms with E-state index in [0.29, 0.717) is 39.8 Å². The minimum Gasteiger partial charge on any atom is -0.366 e. The fourth-order valence-electron chi connectivity index (χ4n) is 4.78. The number of nitrogens with one attached hydrogen (secondary N) is 2. The van der Waals surface area contributed by atoms with Gasteiger partial charge in [0.05, 0.1) is 11.6 Å². The molecular formula is C30H29N5O3. The standard InChI is InChI=1S/C30H29N5O3/c1-19(20-10-12-23(13-11-20)35-16-6-5-9-26(35)36)30(38)34-25-14-15-32-29-27(25)22(18-33-29)17-24(28(31)37)21-7-3-2-4-8-21/h2-4,7-8,10-15,17-19H,5-6,9,16H2,1H3,(H2,31,37)(H2,32,33,34,38)/b24-17+. The lowest BCUT2D eigenvalue weighted by molar-refractivity contribution is -0.119. The van der Waals surface area contributed by atoms with Gasteiger partial charge in [-0.2, -0.15) is 0 Å². The number of hydrogen-bond acceptors (Lipinski definition) is 4. The molecule has 0 aliphatic carbocycles. The summed E-state index contributed by atoms with van der Waals surface area (Å²) in [4.78, 5) is 47.1. The highest BCUT2D eigenvalue weighted by Crippen LogP contribution is 2.30. The van der Waals surface area contributed by atoms with Gasteiger partial charge in [-0.15, -0.1) is 0 Å². The highest BCUT2D eigenvalue weighted by Gasteiger charge is 2.22. The van der Waals surface area contributed by atoms with Crippen LogP contribution in [0.15, 0.2) is 73.1 Å². The normalized spacial score (nSPS) is 14.9. The number of aromatic amines is 1. The van der Waals surface area contributed by atoms with Crippen LogP contribution in [-0.2, 0) is 14.4 Å². The predicted molar refractivity (Wildman–Crippen MR) is 149 cm³/mol. The first kappa shape index (κ1) is 25.0. The molecule has 8 heteroatoms. The molecule has 2 aromatic carbocycles. The fourth-order valence-corrected chi connectivity index (χ4v) is 4.78. The third-order valence-corrected chi connectivity index (χ3v) is 6.93. The van der Waals surface area contributed by atoms with E-state index < -0.39 is 11.8 Å². The minimum atomic E-state index is -0.552. The Labute approximate surface area is 220 Å². The quantitative estimate of drug-likeness (QED) is 0.310. The SMILES string of the molecule is CC(C(=O)Nc1ccnc2[nH]cc(/C=C(/C(N)=O)c3ccccc3)c12)c1ccc(N2CCCCC2=O)cc1. The van der Waals surface area contributed by atoms with Crippen molar-refractivity contribution in [2.45, 2.75) is 32.1 Å². The third kappa shape index (κ3) is 5.06. The van der Waals surface area contributed by atoms with Crippen molar-refractivity contribution in [3.05, 3.63) is 89.7 Å². The van der Waals surface area contributed by atoms with Crippen molar-refractivity contribution in [1.29, 1.82) is 0 Å². The summed E-state index contributed by atoms with van der Waals surface area (Å²) < 4.78 is 0. The first-order chi connectivity index (χ1) is 18.4. The number of nitrogens with two attached hydrogens (primary N) is 1. The molecule has 1 aliphatic heterocycles. The molecule has 5 rings (SSSR count). The summed E-state index contributed by atoms with van der Waals surface area (Å²) >= 11 is 0. The molecule has 1 fully saturated rings. The van der Waals surface area contributed by atoms with Gasteiger partial charge in [0.2, 0.25) is 17.7 Å². The van der Waals surface area contributed by atoms with Crippen LogP contribution >= 0.6 is 0 Å². The van der Waals surface area contributed by atoms with Crippen LogP contribution in [0.2, 0.25) is 0 Å². The van der Waals surface area contributed by atoms with E-state index in [4.69, 9.17) is 5.73 Å². The van der Waals surface area contributed by atoms with Crippen molar-refractivity contribution in [1.82, 2.24) is 9.97 Å². The van der Waals surface area contributed by atoms with Crippen LogP contribution in [0, 0.1) is 0 Å². The Bertz CT molecular complexity index is 1520. The second-order valence-corrected chi connectivity index (χ2v) is 9.42. The summed E-state index contributed by atoms with van der Waals surface area (Å²) in [6.07, 6.45) is 7.56. The number of primary amides is 1. The zero-order valence-corrected chi connectivity index (χ0v) is 21.1. The number of piperidine rings is 1. The maximum absolute atomic E-state index is 13.3. The highest BCUT2D eigenvalue weighted by atomic mass is 16.2. The van der Waals surface area contributed by atoms with Gasteiger partial charge in [0.1, 0.15) is 5.65 Å². The monoisotopic (exact) mass is 507 g/mol. The number of benzene rings is 2. The molecule has 1 aliphatic rings. The molecule has 38 heavy (non-hydrogen) atoms. The number of rotatable bonds is 7. The number of H-pyrrole nitrogens is 1. The molecule has 1 unspecified atom stereocenters. The number of hydrogen-bond donors (Lipinski definition) is 3. The van der Waals surface area contributed by atoms with Crippen LogP contribution in [0.1, 0.15) is 48.8 Å². The van der Waals surface area contributed by atoms with E-state index in [1.165, 1.54) is 0 Å². The zero-order valence-electron chi connectivity index (χ0n) is 21.1. The molecule has 4 aromatic rings. The van der Waals surface area contributed by atoms with E-state index in [1.54, 1.807) is 24.5 Å². The summed E-state index contributed by atoms with van der Waals surface area (Å²) in [5, 5.41) is 3.71. The van der Waals surface area contributed by atoms with Crippen LogP contribution in [-0.4, -0.2) is 34.2 Å². The largest absolute Gasteiger partial charge is 0.366 e. The number of anilines is 2. The van der Waals surface area contributed by atoms with Crippen LogP contribution in [0.3, 0.4) is 0 Å². The second-order valence-electron chi connectivity index (χ2n) is 9.42. The first-order valence-electron chi connectivity index (χ1n) is 12.7. The molecule has 3 heterocycles. The van der Waals surface area contributed by atoms with Gasteiger partial charge < -0.3 is 20.9 Å². The third-order valence-electron chi connectivity index (χ3n) is 6.93. The van der Waals surface area contributed by atoms with Crippen LogP contribution in [0.25, 0.3) is 22.7 Å². The Morgan fingerprint density at radius 3 is 2.55 bits per heavy atom. The lowest BCUT2D eigenvalue weighted by Crippen LogP contribution is -2.35. The van der Waals surface area contributed by atoms with E-state index in [2.05, 4.69) is 15.3 Å². The topological polar surface area (TPSA) is 121 Å². The van der Waals surface area contributed by atoms with E-state index in [0.717, 1.165) is 30.6 Å². The maximum Gasteiger partial charge on any atom is 0.249 e. The highest BCUT2D eigenvalue weighted by molar-refractivity contribution is 6.24. The lowest BCUT2D eigenvalue weighted by Gasteiger charge is -2.27. The average Bonchev–Trinajstić information content (AvgIpc) is 3.36. The van der Waals surface area contributed by atoms with E-state index in [9.17, 15) is 14.4 Å². The van der Waals surface area contributed by atoms with Crippen molar-refractivity contribution in [2.24, 2.45) is 5.73 Å². The molecule has 8 nitrogen and oxygen atoms in total. The number of carbonyl (C=O) groups is 3. The molecule has 0 bridgehead atoms. The van der Waals surface area contributed by atoms with Crippen LogP contribution in [0.5, 0.6) is 0 Å². The Balaban J connectivity index is 1.40. The molecule has 0 spiro atoms. The maximum atomic E-state index is 13.3. The molecule has 4 N–H and O–H groups in total. The molecule has 0 saturated carbocycles. The van der Waals surface area contributed by atoms with Gasteiger partial charge in [-0.05, 0) is 55.2 Å². The van der Waals surface area contributed by atoms with Crippen LogP contribution in [0.4, 0.5) is 11.4 Å². The number of aromatic nitrogens is 2. The van der Waals surface area contributed by atoms with Crippen molar-refractivity contribution >= 4 is 51.8 Å². The average molecular weight is 508 g/mol. The number of fused-ring (bicyclic) bond motifs is 1. The Morgan fingerprint density at radius 2 is 1.84 bits per heavy atom. The van der Waals surface area contributed by atoms with Gasteiger partial charge >= 0.3 is 0 Å². The first-order valence-corrected chi connectivity index (χ1v) is 12.7. The van der Waals surface area contributed by atoms with Crippen molar-refractivity contribution in [2.75, 3.05) is 16.8 Å². The second kappa shape index (κ2) is 10.7. The number of nitrogens with zero attached hydrogens (tertiary/aromatic N) is 2. The summed E-state index contributed by atoms with van der Waals surface area (Å²) in [6, 6.07) is 18.5. The molecule has 1 atom stereocenters. The number of pyridine rings is 1. The molecule has 192 valence electrons.